The van der Waals surface area contributed by atoms with Crippen LogP contribution in [-0.4, -0.2) is 43.2 Å². The molecule has 3 rings (SSSR count). The largest absolute Gasteiger partial charge is 0.381 e. The lowest BCUT2D eigenvalue weighted by Crippen LogP contribution is -2.37. The monoisotopic (exact) mass is 288 g/mol. The van der Waals surface area contributed by atoms with Crippen molar-refractivity contribution in [2.24, 2.45) is 11.7 Å². The number of rotatable bonds is 6. The number of nitrogens with two attached hydrogens (primary N) is 1. The first-order valence-corrected chi connectivity index (χ1v) is 7.95. The van der Waals surface area contributed by atoms with Gasteiger partial charge < -0.3 is 15.4 Å². The molecule has 1 aromatic rings. The molecule has 1 atom stereocenters. The van der Waals surface area contributed by atoms with Gasteiger partial charge in [-0.15, -0.1) is 0 Å². The molecule has 1 saturated carbocycles. The molecule has 2 N–H and O–H groups in total. The molecule has 2 fully saturated rings. The second kappa shape index (κ2) is 6.58. The van der Waals surface area contributed by atoms with Crippen LogP contribution >= 0.6 is 0 Å². The molecule has 2 aliphatic rings. The predicted octanol–water partition coefficient (Wildman–Crippen LogP) is 1.83. The van der Waals surface area contributed by atoms with Crippen molar-refractivity contribution >= 4 is 5.91 Å². The SMILES string of the molecule is NCCc1ccc(C(=O)N(CC2CCOC2)C2CC2)cc1. The second-order valence-corrected chi connectivity index (χ2v) is 6.15. The maximum absolute atomic E-state index is 12.7. The predicted molar refractivity (Wildman–Crippen MR) is 82.2 cm³/mol. The molecule has 0 bridgehead atoms. The third kappa shape index (κ3) is 3.63. The van der Waals surface area contributed by atoms with E-state index in [1.807, 2.05) is 24.3 Å². The minimum atomic E-state index is 0.170. The summed E-state index contributed by atoms with van der Waals surface area (Å²) in [6.45, 7) is 3.12. The third-order valence-corrected chi connectivity index (χ3v) is 4.36. The van der Waals surface area contributed by atoms with E-state index < -0.39 is 0 Å². The summed E-state index contributed by atoms with van der Waals surface area (Å²) in [5, 5.41) is 0. The van der Waals surface area contributed by atoms with Gasteiger partial charge in [0, 0.05) is 30.7 Å². The zero-order valence-corrected chi connectivity index (χ0v) is 12.5. The lowest BCUT2D eigenvalue weighted by Gasteiger charge is -2.25. The Morgan fingerprint density at radius 2 is 2.00 bits per heavy atom. The Kier molecular flexibility index (Phi) is 4.56. The van der Waals surface area contributed by atoms with Crippen molar-refractivity contribution in [2.45, 2.75) is 31.7 Å². The van der Waals surface area contributed by atoms with Crippen molar-refractivity contribution < 1.29 is 9.53 Å². The van der Waals surface area contributed by atoms with Gasteiger partial charge in [0.25, 0.3) is 5.91 Å². The number of hydrogen-bond acceptors (Lipinski definition) is 3. The first-order chi connectivity index (χ1) is 10.3. The summed E-state index contributed by atoms with van der Waals surface area (Å²) >= 11 is 0. The highest BCUT2D eigenvalue weighted by atomic mass is 16.5. The lowest BCUT2D eigenvalue weighted by molar-refractivity contribution is 0.0706. The average Bonchev–Trinajstić information content (AvgIpc) is 3.22. The minimum absolute atomic E-state index is 0.170. The zero-order valence-electron chi connectivity index (χ0n) is 12.5. The average molecular weight is 288 g/mol. The fourth-order valence-corrected chi connectivity index (χ4v) is 2.94. The van der Waals surface area contributed by atoms with E-state index in [0.717, 1.165) is 51.0 Å². The van der Waals surface area contributed by atoms with Gasteiger partial charge in [-0.3, -0.25) is 4.79 Å². The molecule has 0 spiro atoms. The fraction of sp³-hybridized carbons (Fsp3) is 0.588. The summed E-state index contributed by atoms with van der Waals surface area (Å²) in [4.78, 5) is 14.8. The molecule has 4 heteroatoms. The van der Waals surface area contributed by atoms with Crippen LogP contribution in [-0.2, 0) is 11.2 Å². The fourth-order valence-electron chi connectivity index (χ4n) is 2.94. The van der Waals surface area contributed by atoms with Gasteiger partial charge in [0.1, 0.15) is 0 Å². The van der Waals surface area contributed by atoms with Crippen LogP contribution in [0.15, 0.2) is 24.3 Å². The standard InChI is InChI=1S/C17H24N2O2/c18-9-7-13-1-3-15(4-2-13)17(20)19(16-5-6-16)11-14-8-10-21-12-14/h1-4,14,16H,5-12,18H2. The second-order valence-electron chi connectivity index (χ2n) is 6.15. The summed E-state index contributed by atoms with van der Waals surface area (Å²) in [6, 6.07) is 8.36. The van der Waals surface area contributed by atoms with E-state index in [2.05, 4.69) is 4.90 Å². The highest BCUT2D eigenvalue weighted by Gasteiger charge is 2.35. The van der Waals surface area contributed by atoms with Crippen molar-refractivity contribution in [3.05, 3.63) is 35.4 Å². The maximum atomic E-state index is 12.7. The van der Waals surface area contributed by atoms with E-state index in [1.54, 1.807) is 0 Å². The summed E-state index contributed by atoms with van der Waals surface area (Å²) in [6.07, 6.45) is 4.22. The number of carbonyl (C=O) groups is 1. The van der Waals surface area contributed by atoms with Crippen molar-refractivity contribution in [1.82, 2.24) is 4.90 Å². The molecule has 1 heterocycles. The Morgan fingerprint density at radius 3 is 2.57 bits per heavy atom. The molecular weight excluding hydrogens is 264 g/mol. The van der Waals surface area contributed by atoms with Gasteiger partial charge in [-0.05, 0) is 49.9 Å². The van der Waals surface area contributed by atoms with Gasteiger partial charge in [0.2, 0.25) is 0 Å². The van der Waals surface area contributed by atoms with Crippen LogP contribution in [0.25, 0.3) is 0 Å². The summed E-state index contributed by atoms with van der Waals surface area (Å²) in [5.74, 6) is 0.676. The first kappa shape index (κ1) is 14.5. The van der Waals surface area contributed by atoms with Gasteiger partial charge in [-0.2, -0.15) is 0 Å². The van der Waals surface area contributed by atoms with Gasteiger partial charge >= 0.3 is 0 Å². The third-order valence-electron chi connectivity index (χ3n) is 4.36. The summed E-state index contributed by atoms with van der Waals surface area (Å²) in [5.41, 5.74) is 7.54. The van der Waals surface area contributed by atoms with Gasteiger partial charge in [0.05, 0.1) is 6.61 Å². The minimum Gasteiger partial charge on any atom is -0.381 e. The molecule has 114 valence electrons. The number of nitrogens with zero attached hydrogens (tertiary/aromatic N) is 1. The normalized spacial score (nSPS) is 21.5. The van der Waals surface area contributed by atoms with Crippen LogP contribution in [0.1, 0.15) is 35.2 Å². The van der Waals surface area contributed by atoms with Crippen LogP contribution in [0, 0.1) is 5.92 Å². The quantitative estimate of drug-likeness (QED) is 0.869. The molecule has 4 nitrogen and oxygen atoms in total. The number of benzene rings is 1. The number of amides is 1. The molecule has 1 amide bonds. The highest BCUT2D eigenvalue weighted by molar-refractivity contribution is 5.94. The molecule has 0 radical (unpaired) electrons. The molecular formula is C17H24N2O2. The zero-order chi connectivity index (χ0) is 14.7. The van der Waals surface area contributed by atoms with Gasteiger partial charge in [0.15, 0.2) is 0 Å². The topological polar surface area (TPSA) is 55.6 Å². The van der Waals surface area contributed by atoms with E-state index in [-0.39, 0.29) is 5.91 Å². The first-order valence-electron chi connectivity index (χ1n) is 7.95. The van der Waals surface area contributed by atoms with E-state index in [4.69, 9.17) is 10.5 Å². The van der Waals surface area contributed by atoms with Crippen LogP contribution < -0.4 is 5.73 Å². The molecule has 0 aromatic heterocycles. The van der Waals surface area contributed by atoms with Crippen molar-refractivity contribution in [2.75, 3.05) is 26.3 Å². The maximum Gasteiger partial charge on any atom is 0.254 e. The van der Waals surface area contributed by atoms with E-state index >= 15 is 0 Å². The number of ether oxygens (including phenoxy) is 1. The van der Waals surface area contributed by atoms with Crippen LogP contribution in [0.5, 0.6) is 0 Å². The lowest BCUT2D eigenvalue weighted by atomic mass is 10.1. The number of carbonyl (C=O) groups excluding carboxylic acids is 1. The van der Waals surface area contributed by atoms with Crippen molar-refractivity contribution in [3.63, 3.8) is 0 Å². The molecule has 21 heavy (non-hydrogen) atoms. The van der Waals surface area contributed by atoms with Gasteiger partial charge in [-0.1, -0.05) is 12.1 Å². The van der Waals surface area contributed by atoms with Crippen LogP contribution in [0.4, 0.5) is 0 Å². The highest BCUT2D eigenvalue weighted by Crippen LogP contribution is 2.30. The summed E-state index contributed by atoms with van der Waals surface area (Å²) in [7, 11) is 0. The summed E-state index contributed by atoms with van der Waals surface area (Å²) < 4.78 is 5.44. The van der Waals surface area contributed by atoms with E-state index in [0.29, 0.717) is 18.5 Å². The Labute approximate surface area is 126 Å². The molecule has 1 unspecified atom stereocenters. The number of hydrogen-bond donors (Lipinski definition) is 1. The van der Waals surface area contributed by atoms with Crippen molar-refractivity contribution in [3.8, 4) is 0 Å². The van der Waals surface area contributed by atoms with Crippen LogP contribution in [0.3, 0.4) is 0 Å². The Bertz CT molecular complexity index is 476. The Hall–Kier alpha value is -1.39. The molecule has 1 aromatic carbocycles. The molecule has 1 aliphatic heterocycles. The van der Waals surface area contributed by atoms with Crippen LogP contribution in [0.2, 0.25) is 0 Å². The van der Waals surface area contributed by atoms with E-state index in [9.17, 15) is 4.79 Å². The van der Waals surface area contributed by atoms with Crippen molar-refractivity contribution in [1.29, 1.82) is 0 Å². The molecule has 1 aliphatic carbocycles. The van der Waals surface area contributed by atoms with Gasteiger partial charge in [-0.25, -0.2) is 0 Å². The van der Waals surface area contributed by atoms with E-state index in [1.165, 1.54) is 5.56 Å². The Balaban J connectivity index is 1.67. The Morgan fingerprint density at radius 1 is 1.24 bits per heavy atom. The smallest absolute Gasteiger partial charge is 0.254 e. The molecule has 1 saturated heterocycles.